The summed E-state index contributed by atoms with van der Waals surface area (Å²) in [6.45, 7) is 4.33. The maximum absolute atomic E-state index is 10.6. The summed E-state index contributed by atoms with van der Waals surface area (Å²) in [7, 11) is 0. The van der Waals surface area contributed by atoms with E-state index in [9.17, 15) is 10.1 Å². The molecule has 0 radical (unpaired) electrons. The van der Waals surface area contributed by atoms with Crippen LogP contribution < -0.4 is 10.5 Å². The van der Waals surface area contributed by atoms with Crippen LogP contribution in [0.5, 0.6) is 5.75 Å². The van der Waals surface area contributed by atoms with Gasteiger partial charge in [0, 0.05) is 17.5 Å². The van der Waals surface area contributed by atoms with Gasteiger partial charge < -0.3 is 10.5 Å². The summed E-state index contributed by atoms with van der Waals surface area (Å²) in [6.07, 6.45) is 2.47. The number of nitrogens with two attached hydrogens (primary N) is 1. The highest BCUT2D eigenvalue weighted by molar-refractivity contribution is 6.32. The zero-order chi connectivity index (χ0) is 16.0. The molecule has 0 aliphatic rings. The van der Waals surface area contributed by atoms with E-state index in [2.05, 4.69) is 0 Å². The van der Waals surface area contributed by atoms with Crippen molar-refractivity contribution in [1.82, 2.24) is 0 Å². The van der Waals surface area contributed by atoms with Gasteiger partial charge in [0.1, 0.15) is 5.75 Å². The van der Waals surface area contributed by atoms with Crippen LogP contribution in [0.1, 0.15) is 33.1 Å². The zero-order valence-corrected chi connectivity index (χ0v) is 12.9. The van der Waals surface area contributed by atoms with E-state index < -0.39 is 4.92 Å². The molecule has 3 N–H and O–H groups in total. The van der Waals surface area contributed by atoms with Crippen molar-refractivity contribution < 1.29 is 9.66 Å². The molecule has 1 rings (SSSR count). The second kappa shape index (κ2) is 7.26. The van der Waals surface area contributed by atoms with Gasteiger partial charge in [-0.25, -0.2) is 0 Å². The molecule has 116 valence electrons. The van der Waals surface area contributed by atoms with Crippen LogP contribution in [0, 0.1) is 20.9 Å². The normalized spacial score (nSPS) is 11.2. The summed E-state index contributed by atoms with van der Waals surface area (Å²) in [6, 6.07) is 4.13. The van der Waals surface area contributed by atoms with E-state index in [-0.39, 0.29) is 22.0 Å². The number of nitro benzene ring substituents is 1. The van der Waals surface area contributed by atoms with Gasteiger partial charge in [0.15, 0.2) is 0 Å². The highest BCUT2D eigenvalue weighted by Gasteiger charge is 2.20. The van der Waals surface area contributed by atoms with E-state index >= 15 is 0 Å². The molecule has 1 aromatic carbocycles. The van der Waals surface area contributed by atoms with Crippen LogP contribution in [0.4, 0.5) is 5.69 Å². The molecule has 0 saturated carbocycles. The van der Waals surface area contributed by atoms with Gasteiger partial charge in [-0.3, -0.25) is 15.5 Å². The zero-order valence-electron chi connectivity index (χ0n) is 12.2. The number of halogens is 1. The van der Waals surface area contributed by atoms with Gasteiger partial charge in [0.25, 0.3) is 5.69 Å². The highest BCUT2D eigenvalue weighted by Crippen LogP contribution is 2.29. The second-order valence-corrected chi connectivity index (χ2v) is 5.88. The second-order valence-electron chi connectivity index (χ2n) is 5.47. The third-order valence-electron chi connectivity index (χ3n) is 3.31. The Hall–Kier alpha value is -1.82. The number of nitrogens with zero attached hydrogens (tertiary/aromatic N) is 1. The van der Waals surface area contributed by atoms with E-state index in [1.165, 1.54) is 18.2 Å². The van der Waals surface area contributed by atoms with Crippen LogP contribution in [-0.2, 0) is 0 Å². The number of hydrogen-bond acceptors (Lipinski definition) is 4. The lowest BCUT2D eigenvalue weighted by atomic mass is 9.86. The number of benzene rings is 1. The maximum atomic E-state index is 10.6. The van der Waals surface area contributed by atoms with Crippen molar-refractivity contribution in [3.05, 3.63) is 33.3 Å². The first-order chi connectivity index (χ1) is 9.74. The molecular formula is C14H20ClN3O3. The fourth-order valence-corrected chi connectivity index (χ4v) is 1.94. The van der Waals surface area contributed by atoms with E-state index in [0.717, 1.165) is 19.3 Å². The van der Waals surface area contributed by atoms with Crippen molar-refractivity contribution in [2.45, 2.75) is 33.1 Å². The Morgan fingerprint density at radius 3 is 2.67 bits per heavy atom. The molecule has 0 bridgehead atoms. The lowest BCUT2D eigenvalue weighted by molar-refractivity contribution is -0.384. The smallest absolute Gasteiger partial charge is 0.271 e. The molecule has 0 heterocycles. The highest BCUT2D eigenvalue weighted by atomic mass is 35.5. The summed E-state index contributed by atoms with van der Waals surface area (Å²) < 4.78 is 5.51. The summed E-state index contributed by atoms with van der Waals surface area (Å²) in [5.74, 6) is 0.620. The molecule has 0 amide bonds. The van der Waals surface area contributed by atoms with E-state index in [4.69, 9.17) is 27.5 Å². The van der Waals surface area contributed by atoms with Crippen LogP contribution in [0.3, 0.4) is 0 Å². The van der Waals surface area contributed by atoms with Gasteiger partial charge >= 0.3 is 0 Å². The van der Waals surface area contributed by atoms with Gasteiger partial charge in [-0.1, -0.05) is 25.4 Å². The molecule has 0 aliphatic heterocycles. The number of hydrogen-bond donors (Lipinski definition) is 2. The minimum Gasteiger partial charge on any atom is -0.492 e. The van der Waals surface area contributed by atoms with E-state index in [0.29, 0.717) is 12.4 Å². The summed E-state index contributed by atoms with van der Waals surface area (Å²) in [5.41, 5.74) is 5.15. The first-order valence-corrected chi connectivity index (χ1v) is 7.03. The monoisotopic (exact) mass is 313 g/mol. The largest absolute Gasteiger partial charge is 0.492 e. The average molecular weight is 314 g/mol. The first-order valence-electron chi connectivity index (χ1n) is 6.65. The van der Waals surface area contributed by atoms with Crippen LogP contribution in [-0.4, -0.2) is 17.4 Å². The van der Waals surface area contributed by atoms with Crippen molar-refractivity contribution in [2.24, 2.45) is 11.1 Å². The molecule has 1 aromatic rings. The Labute approximate surface area is 128 Å². The quantitative estimate of drug-likeness (QED) is 0.251. The minimum absolute atomic E-state index is 0.0597. The molecule has 21 heavy (non-hydrogen) atoms. The number of ether oxygens (including phenoxy) is 1. The lowest BCUT2D eigenvalue weighted by Crippen LogP contribution is -2.30. The van der Waals surface area contributed by atoms with Gasteiger partial charge in [-0.05, 0) is 25.3 Å². The number of nitro groups is 1. The van der Waals surface area contributed by atoms with Crippen molar-refractivity contribution in [3.8, 4) is 5.75 Å². The number of amidine groups is 1. The molecule has 0 aliphatic carbocycles. The third-order valence-corrected chi connectivity index (χ3v) is 3.60. The summed E-state index contributed by atoms with van der Waals surface area (Å²) in [5, 5.41) is 18.3. The molecule has 0 fully saturated rings. The molecule has 6 nitrogen and oxygen atoms in total. The number of rotatable bonds is 8. The molecular weight excluding hydrogens is 294 g/mol. The van der Waals surface area contributed by atoms with Crippen LogP contribution in [0.25, 0.3) is 0 Å². The number of unbranched alkanes of at least 4 members (excludes halogenated alkanes) is 1. The Balaban J connectivity index is 2.40. The van der Waals surface area contributed by atoms with Crippen LogP contribution in [0.2, 0.25) is 5.02 Å². The number of non-ortho nitro benzene ring substituents is 1. The van der Waals surface area contributed by atoms with Crippen molar-refractivity contribution in [1.29, 1.82) is 5.41 Å². The Bertz CT molecular complexity index is 532. The molecule has 0 aromatic heterocycles. The molecule has 7 heteroatoms. The Morgan fingerprint density at radius 1 is 1.48 bits per heavy atom. The lowest BCUT2D eigenvalue weighted by Gasteiger charge is -2.22. The van der Waals surface area contributed by atoms with Crippen LogP contribution >= 0.6 is 11.6 Å². The third kappa shape index (κ3) is 5.23. The predicted molar refractivity (Wildman–Crippen MR) is 83.1 cm³/mol. The molecule has 0 saturated heterocycles. The topological polar surface area (TPSA) is 102 Å². The van der Waals surface area contributed by atoms with Crippen molar-refractivity contribution in [2.75, 3.05) is 6.61 Å². The fourth-order valence-electron chi connectivity index (χ4n) is 1.71. The minimum atomic E-state index is -0.500. The van der Waals surface area contributed by atoms with Crippen LogP contribution in [0.15, 0.2) is 18.2 Å². The molecule has 0 atom stereocenters. The maximum Gasteiger partial charge on any atom is 0.271 e. The van der Waals surface area contributed by atoms with Gasteiger partial charge in [0.05, 0.1) is 22.4 Å². The van der Waals surface area contributed by atoms with Gasteiger partial charge in [-0.2, -0.15) is 0 Å². The Kier molecular flexibility index (Phi) is 5.96. The fraction of sp³-hybridized carbons (Fsp3) is 0.500. The SMILES string of the molecule is CC(C)(CCCCOc1ccc([N+](=O)[O-])cc1Cl)C(=N)N. The summed E-state index contributed by atoms with van der Waals surface area (Å²) >= 11 is 5.93. The van der Waals surface area contributed by atoms with Crippen molar-refractivity contribution in [3.63, 3.8) is 0 Å². The average Bonchev–Trinajstić information content (AvgIpc) is 2.39. The molecule has 0 unspecified atom stereocenters. The standard InChI is InChI=1S/C14H20ClN3O3/c1-14(2,13(16)17)7-3-4-8-21-12-6-5-10(18(19)20)9-11(12)15/h5-6,9H,3-4,7-8H2,1-2H3,(H3,16,17). The van der Waals surface area contributed by atoms with E-state index in [1.807, 2.05) is 13.8 Å². The predicted octanol–water partition coefficient (Wildman–Crippen LogP) is 3.76. The van der Waals surface area contributed by atoms with Gasteiger partial charge in [0.2, 0.25) is 0 Å². The van der Waals surface area contributed by atoms with Gasteiger partial charge in [-0.15, -0.1) is 0 Å². The van der Waals surface area contributed by atoms with E-state index in [1.54, 1.807) is 0 Å². The first kappa shape index (κ1) is 17.2. The van der Waals surface area contributed by atoms with Crippen molar-refractivity contribution >= 4 is 23.1 Å². The Morgan fingerprint density at radius 2 is 2.14 bits per heavy atom. The number of nitrogens with one attached hydrogen (secondary N) is 1. The summed E-state index contributed by atoms with van der Waals surface area (Å²) in [4.78, 5) is 10.1. The molecule has 0 spiro atoms.